The van der Waals surface area contributed by atoms with Gasteiger partial charge in [0.2, 0.25) is 5.91 Å². The second-order valence-electron chi connectivity index (χ2n) is 5.81. The predicted octanol–water partition coefficient (Wildman–Crippen LogP) is 1.43. The van der Waals surface area contributed by atoms with E-state index in [4.69, 9.17) is 5.26 Å². The van der Waals surface area contributed by atoms with Crippen LogP contribution in [-0.4, -0.2) is 25.0 Å². The first-order valence-electron chi connectivity index (χ1n) is 6.31. The number of nitrogens with one attached hydrogen (secondary N) is 2. The summed E-state index contributed by atoms with van der Waals surface area (Å²) in [6.07, 6.45) is 3.53. The Bertz CT molecular complexity index is 306. The first-order chi connectivity index (χ1) is 7.94. The van der Waals surface area contributed by atoms with Gasteiger partial charge in [0, 0.05) is 6.04 Å². The molecule has 1 amide bonds. The standard InChI is InChI=1S/C13H23N3O/c1-10-8-13(2,3)5-4-11(10)16-9-12(17)15-7-6-14/h10-11,16H,4-5,7-9H2,1-3H3,(H,15,17)/t10-,11+/m1/s1. The van der Waals surface area contributed by atoms with Crippen LogP contribution in [0.4, 0.5) is 0 Å². The van der Waals surface area contributed by atoms with Gasteiger partial charge in [-0.1, -0.05) is 20.8 Å². The molecule has 1 aliphatic rings. The first-order valence-corrected chi connectivity index (χ1v) is 6.31. The van der Waals surface area contributed by atoms with Crippen LogP contribution in [0, 0.1) is 22.7 Å². The van der Waals surface area contributed by atoms with Crippen molar-refractivity contribution in [3.05, 3.63) is 0 Å². The summed E-state index contributed by atoms with van der Waals surface area (Å²) in [5.74, 6) is 0.506. The molecule has 0 aromatic rings. The summed E-state index contributed by atoms with van der Waals surface area (Å²) in [4.78, 5) is 11.4. The summed E-state index contributed by atoms with van der Waals surface area (Å²) in [6.45, 7) is 7.26. The molecule has 1 fully saturated rings. The van der Waals surface area contributed by atoms with Crippen LogP contribution in [0.25, 0.3) is 0 Å². The third-order valence-electron chi connectivity index (χ3n) is 3.58. The van der Waals surface area contributed by atoms with Crippen LogP contribution in [-0.2, 0) is 4.79 Å². The van der Waals surface area contributed by atoms with Gasteiger partial charge in [-0.3, -0.25) is 4.79 Å². The van der Waals surface area contributed by atoms with E-state index in [1.165, 1.54) is 12.8 Å². The molecule has 1 rings (SSSR count). The Morgan fingerprint density at radius 2 is 2.24 bits per heavy atom. The van der Waals surface area contributed by atoms with E-state index in [1.807, 2.05) is 6.07 Å². The van der Waals surface area contributed by atoms with E-state index in [1.54, 1.807) is 0 Å². The molecular weight excluding hydrogens is 214 g/mol. The van der Waals surface area contributed by atoms with Gasteiger partial charge in [-0.2, -0.15) is 5.26 Å². The summed E-state index contributed by atoms with van der Waals surface area (Å²) in [5, 5.41) is 14.2. The Labute approximate surface area is 104 Å². The lowest BCUT2D eigenvalue weighted by Gasteiger charge is -2.39. The van der Waals surface area contributed by atoms with Crippen LogP contribution < -0.4 is 10.6 Å². The molecule has 2 N–H and O–H groups in total. The SMILES string of the molecule is C[C@@H]1CC(C)(C)CC[C@@H]1NCC(=O)NCC#N. The normalized spacial score (nSPS) is 27.2. The summed E-state index contributed by atoms with van der Waals surface area (Å²) in [5.41, 5.74) is 0.431. The summed E-state index contributed by atoms with van der Waals surface area (Å²) < 4.78 is 0. The van der Waals surface area contributed by atoms with Crippen molar-refractivity contribution < 1.29 is 4.79 Å². The van der Waals surface area contributed by atoms with Crippen molar-refractivity contribution in [1.82, 2.24) is 10.6 Å². The van der Waals surface area contributed by atoms with Gasteiger partial charge in [-0.15, -0.1) is 0 Å². The fourth-order valence-corrected chi connectivity index (χ4v) is 2.67. The highest BCUT2D eigenvalue weighted by Crippen LogP contribution is 2.38. The monoisotopic (exact) mass is 237 g/mol. The number of nitriles is 1. The number of carbonyl (C=O) groups excluding carboxylic acids is 1. The Balaban J connectivity index is 2.29. The quantitative estimate of drug-likeness (QED) is 0.727. The summed E-state index contributed by atoms with van der Waals surface area (Å²) in [6, 6.07) is 2.32. The van der Waals surface area contributed by atoms with Crippen LogP contribution in [0.15, 0.2) is 0 Å². The first kappa shape index (κ1) is 14.0. The van der Waals surface area contributed by atoms with Gasteiger partial charge < -0.3 is 10.6 Å². The van der Waals surface area contributed by atoms with E-state index in [-0.39, 0.29) is 12.5 Å². The molecule has 0 bridgehead atoms. The van der Waals surface area contributed by atoms with Gasteiger partial charge in [0.05, 0.1) is 12.6 Å². The van der Waals surface area contributed by atoms with Gasteiger partial charge in [0.15, 0.2) is 0 Å². The fraction of sp³-hybridized carbons (Fsp3) is 0.846. The van der Waals surface area contributed by atoms with E-state index in [9.17, 15) is 4.79 Å². The Morgan fingerprint density at radius 3 is 2.82 bits per heavy atom. The highest BCUT2D eigenvalue weighted by atomic mass is 16.1. The van der Waals surface area contributed by atoms with Crippen LogP contribution in [0.2, 0.25) is 0 Å². The molecule has 0 saturated heterocycles. The molecule has 96 valence electrons. The minimum absolute atomic E-state index is 0.0910. The molecule has 1 saturated carbocycles. The smallest absolute Gasteiger partial charge is 0.234 e. The zero-order valence-electron chi connectivity index (χ0n) is 11.0. The maximum Gasteiger partial charge on any atom is 0.234 e. The van der Waals surface area contributed by atoms with E-state index in [2.05, 4.69) is 31.4 Å². The van der Waals surface area contributed by atoms with Crippen molar-refractivity contribution >= 4 is 5.91 Å². The van der Waals surface area contributed by atoms with Gasteiger partial charge in [-0.25, -0.2) is 0 Å². The molecule has 2 atom stereocenters. The minimum Gasteiger partial charge on any atom is -0.342 e. The lowest BCUT2D eigenvalue weighted by molar-refractivity contribution is -0.120. The molecule has 1 aliphatic carbocycles. The number of carbonyl (C=O) groups is 1. The molecule has 0 aliphatic heterocycles. The van der Waals surface area contributed by atoms with Gasteiger partial charge in [-0.05, 0) is 30.6 Å². The second-order valence-corrected chi connectivity index (χ2v) is 5.81. The maximum absolute atomic E-state index is 11.4. The molecular formula is C13H23N3O. The molecule has 0 spiro atoms. The average molecular weight is 237 g/mol. The Kier molecular flexibility index (Phi) is 4.95. The molecule has 0 aromatic carbocycles. The number of hydrogen-bond acceptors (Lipinski definition) is 3. The summed E-state index contributed by atoms with van der Waals surface area (Å²) in [7, 11) is 0. The molecule has 0 radical (unpaired) electrons. The zero-order valence-corrected chi connectivity index (χ0v) is 11.0. The average Bonchev–Trinajstić information content (AvgIpc) is 2.24. The van der Waals surface area contributed by atoms with Crippen molar-refractivity contribution in [2.75, 3.05) is 13.1 Å². The molecule has 17 heavy (non-hydrogen) atoms. The molecule has 0 aromatic heterocycles. The highest BCUT2D eigenvalue weighted by molar-refractivity contribution is 5.78. The molecule has 4 nitrogen and oxygen atoms in total. The van der Waals surface area contributed by atoms with Crippen molar-refractivity contribution in [2.24, 2.45) is 11.3 Å². The highest BCUT2D eigenvalue weighted by Gasteiger charge is 2.32. The molecule has 0 heterocycles. The zero-order chi connectivity index (χ0) is 12.9. The topological polar surface area (TPSA) is 64.9 Å². The van der Waals surface area contributed by atoms with Gasteiger partial charge in [0.1, 0.15) is 6.54 Å². The van der Waals surface area contributed by atoms with Crippen molar-refractivity contribution in [1.29, 1.82) is 5.26 Å². The fourth-order valence-electron chi connectivity index (χ4n) is 2.67. The number of hydrogen-bond donors (Lipinski definition) is 2. The lowest BCUT2D eigenvalue weighted by atomic mass is 9.70. The van der Waals surface area contributed by atoms with Gasteiger partial charge in [0.25, 0.3) is 0 Å². The number of amides is 1. The van der Waals surface area contributed by atoms with E-state index < -0.39 is 0 Å². The Morgan fingerprint density at radius 1 is 1.53 bits per heavy atom. The van der Waals surface area contributed by atoms with Crippen LogP contribution in [0.5, 0.6) is 0 Å². The number of nitrogens with zero attached hydrogens (tertiary/aromatic N) is 1. The largest absolute Gasteiger partial charge is 0.342 e. The van der Waals surface area contributed by atoms with Crippen LogP contribution >= 0.6 is 0 Å². The van der Waals surface area contributed by atoms with Crippen molar-refractivity contribution in [3.63, 3.8) is 0 Å². The second kappa shape index (κ2) is 6.02. The molecule has 4 heteroatoms. The summed E-state index contributed by atoms with van der Waals surface area (Å²) >= 11 is 0. The third kappa shape index (κ3) is 4.74. The van der Waals surface area contributed by atoms with Crippen molar-refractivity contribution in [2.45, 2.75) is 46.1 Å². The minimum atomic E-state index is -0.0939. The van der Waals surface area contributed by atoms with Gasteiger partial charge >= 0.3 is 0 Å². The van der Waals surface area contributed by atoms with Crippen LogP contribution in [0.1, 0.15) is 40.0 Å². The van der Waals surface area contributed by atoms with Crippen LogP contribution in [0.3, 0.4) is 0 Å². The maximum atomic E-state index is 11.4. The third-order valence-corrected chi connectivity index (χ3v) is 3.58. The number of rotatable bonds is 4. The lowest BCUT2D eigenvalue weighted by Crippen LogP contribution is -2.45. The van der Waals surface area contributed by atoms with E-state index in [0.717, 1.165) is 6.42 Å². The predicted molar refractivity (Wildman–Crippen MR) is 67.2 cm³/mol. The Hall–Kier alpha value is -1.08. The molecule has 0 unspecified atom stereocenters. The van der Waals surface area contributed by atoms with E-state index in [0.29, 0.717) is 23.9 Å². The van der Waals surface area contributed by atoms with Crippen molar-refractivity contribution in [3.8, 4) is 6.07 Å². The van der Waals surface area contributed by atoms with E-state index >= 15 is 0 Å².